The molecule has 0 aromatic carbocycles. The average molecular weight is 214 g/mol. The van der Waals surface area contributed by atoms with Gasteiger partial charge < -0.3 is 19.7 Å². The van der Waals surface area contributed by atoms with Crippen LogP contribution in [-0.4, -0.2) is 41.2 Å². The highest BCUT2D eigenvalue weighted by Gasteiger charge is 2.33. The Morgan fingerprint density at radius 2 is 1.57 bits per heavy atom. The van der Waals surface area contributed by atoms with Gasteiger partial charge in [-0.25, -0.2) is 18.4 Å². The Balaban J connectivity index is 4.32. The summed E-state index contributed by atoms with van der Waals surface area (Å²) in [5.74, 6) is 0. The third-order valence-electron chi connectivity index (χ3n) is 1.23. The summed E-state index contributed by atoms with van der Waals surface area (Å²) in [6, 6.07) is 0. The molecule has 0 saturated carbocycles. The van der Waals surface area contributed by atoms with E-state index in [0.29, 0.717) is 0 Å². The molecule has 0 aliphatic rings. The van der Waals surface area contributed by atoms with Crippen LogP contribution in [0, 0.1) is 0 Å². The molecule has 0 fully saturated rings. The van der Waals surface area contributed by atoms with Crippen molar-refractivity contribution in [3.8, 4) is 0 Å². The molecule has 0 spiro atoms. The Kier molecular flexibility index (Phi) is 4.60. The lowest BCUT2D eigenvalue weighted by Crippen LogP contribution is -2.38. The minimum absolute atomic E-state index is 0.966. The molecule has 0 saturated heterocycles. The van der Waals surface area contributed by atoms with E-state index in [1.165, 1.54) is 0 Å². The van der Waals surface area contributed by atoms with Gasteiger partial charge in [0.25, 0.3) is 6.43 Å². The molecule has 8 heteroatoms. The van der Waals surface area contributed by atoms with Crippen LogP contribution in [0.3, 0.4) is 0 Å². The van der Waals surface area contributed by atoms with Crippen molar-refractivity contribution in [2.24, 2.45) is 0 Å². The molecule has 0 amide bonds. The lowest BCUT2D eigenvalue weighted by Gasteiger charge is -2.20. The van der Waals surface area contributed by atoms with Crippen LogP contribution in [0.4, 0.5) is 18.4 Å². The fourth-order valence-electron chi connectivity index (χ4n) is 0.695. The van der Waals surface area contributed by atoms with Crippen molar-refractivity contribution in [1.29, 1.82) is 0 Å². The molecule has 82 valence electrons. The number of hydrogen-bond donors (Lipinski definition) is 2. The molecule has 14 heavy (non-hydrogen) atoms. The van der Waals surface area contributed by atoms with Crippen molar-refractivity contribution >= 4 is 12.3 Å². The monoisotopic (exact) mass is 214 g/mol. The molecular formula is C6H8F2O6. The second-order valence-electron chi connectivity index (χ2n) is 2.27. The fraction of sp³-hybridized carbons (Fsp3) is 0.667. The minimum Gasteiger partial charge on any atom is -0.450 e. The van der Waals surface area contributed by atoms with Gasteiger partial charge in [0.2, 0.25) is 6.10 Å². The van der Waals surface area contributed by atoms with Gasteiger partial charge in [0, 0.05) is 0 Å². The Morgan fingerprint density at radius 1 is 1.14 bits per heavy atom. The van der Waals surface area contributed by atoms with E-state index in [-0.39, 0.29) is 0 Å². The predicted molar refractivity (Wildman–Crippen MR) is 37.5 cm³/mol. The number of rotatable bonds is 4. The van der Waals surface area contributed by atoms with Crippen LogP contribution >= 0.6 is 0 Å². The summed E-state index contributed by atoms with van der Waals surface area (Å²) in [4.78, 5) is 19.9. The Bertz CT molecular complexity index is 218. The fourth-order valence-corrected chi connectivity index (χ4v) is 0.695. The van der Waals surface area contributed by atoms with E-state index < -0.39 is 30.9 Å². The second-order valence-corrected chi connectivity index (χ2v) is 2.27. The van der Waals surface area contributed by atoms with Crippen molar-refractivity contribution in [3.05, 3.63) is 0 Å². The van der Waals surface area contributed by atoms with Gasteiger partial charge in [-0.05, 0) is 6.92 Å². The maximum atomic E-state index is 12.1. The largest absolute Gasteiger partial charge is 0.506 e. The van der Waals surface area contributed by atoms with Gasteiger partial charge >= 0.3 is 12.3 Å². The summed E-state index contributed by atoms with van der Waals surface area (Å²) in [7, 11) is 0. The number of halogens is 2. The van der Waals surface area contributed by atoms with Gasteiger partial charge in [-0.2, -0.15) is 0 Å². The highest BCUT2D eigenvalue weighted by molar-refractivity contribution is 5.58. The summed E-state index contributed by atoms with van der Waals surface area (Å²) < 4.78 is 31.9. The van der Waals surface area contributed by atoms with E-state index in [1.807, 2.05) is 0 Å². The molecule has 0 heterocycles. The highest BCUT2D eigenvalue weighted by atomic mass is 19.3. The van der Waals surface area contributed by atoms with Gasteiger partial charge in [0.15, 0.2) is 0 Å². The lowest BCUT2D eigenvalue weighted by molar-refractivity contribution is -0.0960. The first-order chi connectivity index (χ1) is 6.34. The molecule has 2 atom stereocenters. The maximum absolute atomic E-state index is 12.1. The SMILES string of the molecule is CC(OC(=O)O)C(OC(=O)O)C(F)F. The van der Waals surface area contributed by atoms with Gasteiger partial charge in [0.05, 0.1) is 0 Å². The Morgan fingerprint density at radius 3 is 1.86 bits per heavy atom. The average Bonchev–Trinajstić information content (AvgIpc) is 1.97. The van der Waals surface area contributed by atoms with E-state index in [2.05, 4.69) is 9.47 Å². The quantitative estimate of drug-likeness (QED) is 0.687. The Hall–Kier alpha value is -1.60. The summed E-state index contributed by atoms with van der Waals surface area (Å²) >= 11 is 0. The first-order valence-electron chi connectivity index (χ1n) is 3.42. The van der Waals surface area contributed by atoms with Gasteiger partial charge in [-0.1, -0.05) is 0 Å². The van der Waals surface area contributed by atoms with Crippen molar-refractivity contribution < 1.29 is 38.1 Å². The molecular weight excluding hydrogens is 206 g/mol. The van der Waals surface area contributed by atoms with Crippen molar-refractivity contribution in [3.63, 3.8) is 0 Å². The van der Waals surface area contributed by atoms with E-state index in [4.69, 9.17) is 10.2 Å². The number of carboxylic acid groups (broad SMARTS) is 2. The topological polar surface area (TPSA) is 93.1 Å². The van der Waals surface area contributed by atoms with Gasteiger partial charge in [0.1, 0.15) is 6.10 Å². The van der Waals surface area contributed by atoms with E-state index in [1.54, 1.807) is 0 Å². The number of carbonyl (C=O) groups is 2. The van der Waals surface area contributed by atoms with E-state index >= 15 is 0 Å². The third kappa shape index (κ3) is 4.43. The Labute approximate surface area is 77.0 Å². The molecule has 2 unspecified atom stereocenters. The van der Waals surface area contributed by atoms with Crippen LogP contribution in [0.2, 0.25) is 0 Å². The maximum Gasteiger partial charge on any atom is 0.506 e. The van der Waals surface area contributed by atoms with Crippen LogP contribution < -0.4 is 0 Å². The van der Waals surface area contributed by atoms with Crippen LogP contribution in [0.15, 0.2) is 0 Å². The summed E-state index contributed by atoms with van der Waals surface area (Å²) in [6.07, 6.45) is -10.5. The summed E-state index contributed by atoms with van der Waals surface area (Å²) in [5.41, 5.74) is 0. The van der Waals surface area contributed by atoms with Crippen molar-refractivity contribution in [2.45, 2.75) is 25.6 Å². The molecule has 0 rings (SSSR count). The van der Waals surface area contributed by atoms with Crippen molar-refractivity contribution in [1.82, 2.24) is 0 Å². The van der Waals surface area contributed by atoms with Gasteiger partial charge in [-0.3, -0.25) is 0 Å². The van der Waals surface area contributed by atoms with E-state index in [0.717, 1.165) is 6.92 Å². The highest BCUT2D eigenvalue weighted by Crippen LogP contribution is 2.13. The van der Waals surface area contributed by atoms with Crippen LogP contribution in [0.5, 0.6) is 0 Å². The zero-order chi connectivity index (χ0) is 11.3. The predicted octanol–water partition coefficient (Wildman–Crippen LogP) is 1.40. The zero-order valence-corrected chi connectivity index (χ0v) is 7.02. The first-order valence-corrected chi connectivity index (χ1v) is 3.42. The molecule has 0 aliphatic heterocycles. The standard InChI is InChI=1S/C6H8F2O6/c1-2(13-5(9)10)3(4(7)8)14-6(11)12/h2-4H,1H3,(H,9,10)(H,11,12). The molecule has 0 radical (unpaired) electrons. The molecule has 0 aromatic rings. The number of hydrogen-bond acceptors (Lipinski definition) is 4. The van der Waals surface area contributed by atoms with Crippen LogP contribution in [0.25, 0.3) is 0 Å². The third-order valence-corrected chi connectivity index (χ3v) is 1.23. The molecule has 2 N–H and O–H groups in total. The summed E-state index contributed by atoms with van der Waals surface area (Å²) in [5, 5.41) is 16.1. The lowest BCUT2D eigenvalue weighted by atomic mass is 10.2. The molecule has 6 nitrogen and oxygen atoms in total. The smallest absolute Gasteiger partial charge is 0.450 e. The van der Waals surface area contributed by atoms with Gasteiger partial charge in [-0.15, -0.1) is 0 Å². The summed E-state index contributed by atoms with van der Waals surface area (Å²) in [6.45, 7) is 0.966. The first kappa shape index (κ1) is 12.4. The minimum atomic E-state index is -3.15. The normalized spacial score (nSPS) is 14.6. The van der Waals surface area contributed by atoms with E-state index in [9.17, 15) is 18.4 Å². The number of alkyl halides is 2. The van der Waals surface area contributed by atoms with Crippen LogP contribution in [0.1, 0.15) is 6.92 Å². The van der Waals surface area contributed by atoms with Crippen molar-refractivity contribution in [2.75, 3.05) is 0 Å². The van der Waals surface area contributed by atoms with Crippen LogP contribution in [-0.2, 0) is 9.47 Å². The number of ether oxygens (including phenoxy) is 2. The second kappa shape index (κ2) is 5.20. The molecule has 0 aromatic heterocycles. The molecule has 0 aliphatic carbocycles. The zero-order valence-electron chi connectivity index (χ0n) is 7.02. The molecule has 0 bridgehead atoms.